The number of nitrogens with one attached hydrogen (secondary N) is 1. The number of hydrogen-bond donors (Lipinski definition) is 1. The highest BCUT2D eigenvalue weighted by molar-refractivity contribution is 14.1. The standard InChI is InChI=1S/C9H7F3INO/c10-5-3-6(11)8(7(12)4-5)9(15)14-2-1-13/h3-4H,1-2H2,(H,14,15). The van der Waals surface area contributed by atoms with Crippen molar-refractivity contribution in [1.29, 1.82) is 0 Å². The van der Waals surface area contributed by atoms with Crippen molar-refractivity contribution in [1.82, 2.24) is 5.32 Å². The summed E-state index contributed by atoms with van der Waals surface area (Å²) in [6.07, 6.45) is 0. The number of amides is 1. The van der Waals surface area contributed by atoms with Crippen LogP contribution >= 0.6 is 22.6 Å². The van der Waals surface area contributed by atoms with Gasteiger partial charge in [-0.2, -0.15) is 0 Å². The van der Waals surface area contributed by atoms with Crippen molar-refractivity contribution in [3.8, 4) is 0 Å². The highest BCUT2D eigenvalue weighted by atomic mass is 127. The van der Waals surface area contributed by atoms with E-state index in [2.05, 4.69) is 5.32 Å². The average molecular weight is 329 g/mol. The molecule has 15 heavy (non-hydrogen) atoms. The molecule has 1 aromatic rings. The third-order valence-electron chi connectivity index (χ3n) is 1.61. The first-order chi connectivity index (χ1) is 7.06. The van der Waals surface area contributed by atoms with Gasteiger partial charge in [0.1, 0.15) is 23.0 Å². The molecule has 0 fully saturated rings. The van der Waals surface area contributed by atoms with Crippen molar-refractivity contribution >= 4 is 28.5 Å². The molecule has 0 heterocycles. The zero-order valence-electron chi connectivity index (χ0n) is 7.49. The maximum absolute atomic E-state index is 13.0. The zero-order chi connectivity index (χ0) is 11.4. The zero-order valence-corrected chi connectivity index (χ0v) is 9.65. The summed E-state index contributed by atoms with van der Waals surface area (Å²) in [6, 6.07) is 0.949. The number of benzene rings is 1. The summed E-state index contributed by atoms with van der Waals surface area (Å²) in [5.41, 5.74) is -0.749. The molecular weight excluding hydrogens is 322 g/mol. The van der Waals surface area contributed by atoms with Crippen LogP contribution in [0.2, 0.25) is 0 Å². The smallest absolute Gasteiger partial charge is 0.257 e. The molecule has 1 N–H and O–H groups in total. The predicted octanol–water partition coefficient (Wildman–Crippen LogP) is 2.27. The molecule has 0 spiro atoms. The third kappa shape index (κ3) is 3.08. The molecule has 0 unspecified atom stereocenters. The molecule has 0 aliphatic heterocycles. The van der Waals surface area contributed by atoms with E-state index in [4.69, 9.17) is 0 Å². The van der Waals surface area contributed by atoms with Gasteiger partial charge in [-0.05, 0) is 0 Å². The largest absolute Gasteiger partial charge is 0.351 e. The fourth-order valence-corrected chi connectivity index (χ4v) is 1.28. The van der Waals surface area contributed by atoms with Crippen molar-refractivity contribution in [3.05, 3.63) is 35.1 Å². The molecule has 0 saturated carbocycles. The van der Waals surface area contributed by atoms with Crippen LogP contribution in [0.5, 0.6) is 0 Å². The summed E-state index contributed by atoms with van der Waals surface area (Å²) in [4.78, 5) is 11.2. The molecule has 0 aromatic heterocycles. The first-order valence-corrected chi connectivity index (χ1v) is 5.57. The predicted molar refractivity (Wildman–Crippen MR) is 57.5 cm³/mol. The van der Waals surface area contributed by atoms with Gasteiger partial charge in [-0.3, -0.25) is 4.79 Å². The van der Waals surface area contributed by atoms with Crippen LogP contribution in [-0.2, 0) is 0 Å². The average Bonchev–Trinajstić information content (AvgIpc) is 2.12. The van der Waals surface area contributed by atoms with Crippen LogP contribution < -0.4 is 5.32 Å². The lowest BCUT2D eigenvalue weighted by atomic mass is 10.2. The van der Waals surface area contributed by atoms with E-state index in [1.807, 2.05) is 22.6 Å². The van der Waals surface area contributed by atoms with Gasteiger partial charge in [-0.1, -0.05) is 22.6 Å². The van der Waals surface area contributed by atoms with E-state index in [1.54, 1.807) is 0 Å². The SMILES string of the molecule is O=C(NCCI)c1c(F)cc(F)cc1F. The van der Waals surface area contributed by atoms with Crippen LogP contribution in [0.15, 0.2) is 12.1 Å². The van der Waals surface area contributed by atoms with E-state index in [0.717, 1.165) is 0 Å². The molecule has 0 bridgehead atoms. The Morgan fingerprint density at radius 1 is 1.27 bits per heavy atom. The Balaban J connectivity index is 2.98. The molecular formula is C9H7F3INO. The summed E-state index contributed by atoms with van der Waals surface area (Å²) in [5.74, 6) is -4.31. The van der Waals surface area contributed by atoms with Gasteiger partial charge in [0.25, 0.3) is 5.91 Å². The van der Waals surface area contributed by atoms with E-state index in [-0.39, 0.29) is 0 Å². The van der Waals surface area contributed by atoms with Gasteiger partial charge in [0, 0.05) is 23.1 Å². The fourth-order valence-electron chi connectivity index (χ4n) is 1.01. The first-order valence-electron chi connectivity index (χ1n) is 4.05. The number of halogens is 4. The molecule has 0 aliphatic carbocycles. The quantitative estimate of drug-likeness (QED) is 0.669. The molecule has 1 aromatic carbocycles. The van der Waals surface area contributed by atoms with Gasteiger partial charge in [-0.15, -0.1) is 0 Å². The Kier molecular flexibility index (Phi) is 4.37. The normalized spacial score (nSPS) is 10.1. The van der Waals surface area contributed by atoms with Crippen molar-refractivity contribution in [2.75, 3.05) is 11.0 Å². The topological polar surface area (TPSA) is 29.1 Å². The van der Waals surface area contributed by atoms with Gasteiger partial charge >= 0.3 is 0 Å². The van der Waals surface area contributed by atoms with Crippen molar-refractivity contribution in [3.63, 3.8) is 0 Å². The lowest BCUT2D eigenvalue weighted by Gasteiger charge is -2.05. The van der Waals surface area contributed by atoms with Gasteiger partial charge in [0.05, 0.1) is 0 Å². The van der Waals surface area contributed by atoms with E-state index in [1.165, 1.54) is 0 Å². The summed E-state index contributed by atoms with van der Waals surface area (Å²) >= 11 is 2.00. The van der Waals surface area contributed by atoms with E-state index >= 15 is 0 Å². The highest BCUT2D eigenvalue weighted by Crippen LogP contribution is 2.14. The van der Waals surface area contributed by atoms with Crippen LogP contribution in [0.25, 0.3) is 0 Å². The second-order valence-corrected chi connectivity index (χ2v) is 3.77. The maximum Gasteiger partial charge on any atom is 0.257 e. The second-order valence-electron chi connectivity index (χ2n) is 2.69. The van der Waals surface area contributed by atoms with Gasteiger partial charge in [-0.25, -0.2) is 13.2 Å². The van der Waals surface area contributed by atoms with Crippen molar-refractivity contribution in [2.45, 2.75) is 0 Å². The van der Waals surface area contributed by atoms with Gasteiger partial charge < -0.3 is 5.32 Å². The maximum atomic E-state index is 13.0. The number of hydrogen-bond acceptors (Lipinski definition) is 1. The number of rotatable bonds is 3. The monoisotopic (exact) mass is 329 g/mol. The van der Waals surface area contributed by atoms with E-state index in [9.17, 15) is 18.0 Å². The lowest BCUT2D eigenvalue weighted by molar-refractivity contribution is 0.0948. The van der Waals surface area contributed by atoms with Crippen LogP contribution in [0.1, 0.15) is 10.4 Å². The number of carbonyl (C=O) groups excluding carboxylic acids is 1. The van der Waals surface area contributed by atoms with Crippen LogP contribution in [-0.4, -0.2) is 16.9 Å². The van der Waals surface area contributed by atoms with Gasteiger partial charge in [0.2, 0.25) is 0 Å². The highest BCUT2D eigenvalue weighted by Gasteiger charge is 2.18. The summed E-state index contributed by atoms with van der Waals surface area (Å²) in [7, 11) is 0. The fraction of sp³-hybridized carbons (Fsp3) is 0.222. The molecule has 1 rings (SSSR count). The molecule has 0 aliphatic rings. The van der Waals surface area contributed by atoms with Crippen LogP contribution in [0.4, 0.5) is 13.2 Å². The van der Waals surface area contributed by atoms with Crippen molar-refractivity contribution in [2.24, 2.45) is 0 Å². The summed E-state index contributed by atoms with van der Waals surface area (Å²) in [5, 5.41) is 2.30. The Morgan fingerprint density at radius 2 is 1.80 bits per heavy atom. The molecule has 0 atom stereocenters. The van der Waals surface area contributed by atoms with Crippen LogP contribution in [0.3, 0.4) is 0 Å². The molecule has 2 nitrogen and oxygen atoms in total. The second kappa shape index (κ2) is 5.34. The van der Waals surface area contributed by atoms with Crippen LogP contribution in [0, 0.1) is 17.5 Å². The van der Waals surface area contributed by atoms with E-state index < -0.39 is 28.9 Å². The Bertz CT molecular complexity index is 361. The summed E-state index contributed by atoms with van der Waals surface area (Å²) < 4.78 is 39.2. The first kappa shape index (κ1) is 12.3. The minimum Gasteiger partial charge on any atom is -0.351 e. The third-order valence-corrected chi connectivity index (χ3v) is 2.15. The lowest BCUT2D eigenvalue weighted by Crippen LogP contribution is -2.27. The molecule has 0 radical (unpaired) electrons. The Labute approximate surface area is 98.0 Å². The van der Waals surface area contributed by atoms with Crippen molar-refractivity contribution < 1.29 is 18.0 Å². The van der Waals surface area contributed by atoms with E-state index in [0.29, 0.717) is 23.1 Å². The minimum atomic E-state index is -1.20. The number of alkyl halides is 1. The molecule has 0 saturated heterocycles. The minimum absolute atomic E-state index is 0.301. The molecule has 6 heteroatoms. The Morgan fingerprint density at radius 3 is 2.27 bits per heavy atom. The molecule has 82 valence electrons. The Hall–Kier alpha value is -0.790. The van der Waals surface area contributed by atoms with Gasteiger partial charge in [0.15, 0.2) is 0 Å². The molecule has 1 amide bonds. The number of carbonyl (C=O) groups is 1. The summed E-state index contributed by atoms with van der Waals surface area (Å²) in [6.45, 7) is 0.301.